The van der Waals surface area contributed by atoms with E-state index < -0.39 is 5.41 Å². The number of rotatable bonds is 5. The molecule has 0 N–H and O–H groups in total. The van der Waals surface area contributed by atoms with Crippen LogP contribution in [0.25, 0.3) is 10.7 Å². The van der Waals surface area contributed by atoms with Gasteiger partial charge in [-0.15, -0.1) is 11.3 Å². The monoisotopic (exact) mass is 384 g/mol. The highest BCUT2D eigenvalue weighted by atomic mass is 35.5. The van der Waals surface area contributed by atoms with Crippen LogP contribution in [0.3, 0.4) is 0 Å². The molecule has 2 heterocycles. The quantitative estimate of drug-likeness (QED) is 0.579. The Morgan fingerprint density at radius 3 is 2.65 bits per heavy atom. The summed E-state index contributed by atoms with van der Waals surface area (Å²) < 4.78 is 5.62. The van der Waals surface area contributed by atoms with Crippen LogP contribution < -0.4 is 0 Å². The van der Waals surface area contributed by atoms with Gasteiger partial charge in [-0.05, 0) is 42.7 Å². The van der Waals surface area contributed by atoms with E-state index in [0.29, 0.717) is 5.02 Å². The molecule has 3 aromatic rings. The summed E-state index contributed by atoms with van der Waals surface area (Å²) in [5.41, 5.74) is 2.01. The Kier molecular flexibility index (Phi) is 4.74. The largest absolute Gasteiger partial charge is 0.458 e. The third kappa shape index (κ3) is 3.24. The number of aromatic nitrogens is 2. The highest BCUT2D eigenvalue weighted by Crippen LogP contribution is 2.45. The average molecular weight is 385 g/mol. The molecule has 1 saturated carbocycles. The lowest BCUT2D eigenvalue weighted by Gasteiger charge is -2.39. The van der Waals surface area contributed by atoms with E-state index in [0.717, 1.165) is 41.2 Å². The van der Waals surface area contributed by atoms with Crippen molar-refractivity contribution < 1.29 is 9.53 Å². The summed E-state index contributed by atoms with van der Waals surface area (Å²) in [6.45, 7) is 0.178. The second-order valence-electron chi connectivity index (χ2n) is 6.38. The fourth-order valence-electron chi connectivity index (χ4n) is 3.17. The number of halogens is 1. The van der Waals surface area contributed by atoms with Crippen molar-refractivity contribution in [3.8, 4) is 10.7 Å². The van der Waals surface area contributed by atoms with Gasteiger partial charge in [0.15, 0.2) is 0 Å². The summed E-state index contributed by atoms with van der Waals surface area (Å²) in [6, 6.07) is 13.2. The maximum absolute atomic E-state index is 12.8. The second-order valence-corrected chi connectivity index (χ2v) is 7.67. The molecule has 0 saturated heterocycles. The molecule has 1 aliphatic rings. The molecule has 132 valence electrons. The first kappa shape index (κ1) is 17.2. The van der Waals surface area contributed by atoms with Crippen LogP contribution in [-0.2, 0) is 21.6 Å². The predicted octanol–water partition coefficient (Wildman–Crippen LogP) is 5.02. The lowest BCUT2D eigenvalue weighted by molar-refractivity contribution is -0.156. The number of nitrogens with zero attached hydrogens (tertiary/aromatic N) is 2. The van der Waals surface area contributed by atoms with Crippen LogP contribution in [0.5, 0.6) is 0 Å². The van der Waals surface area contributed by atoms with Crippen molar-refractivity contribution in [3.63, 3.8) is 0 Å². The topological polar surface area (TPSA) is 52.1 Å². The Morgan fingerprint density at radius 2 is 2.00 bits per heavy atom. The van der Waals surface area contributed by atoms with E-state index in [9.17, 15) is 4.79 Å². The van der Waals surface area contributed by atoms with Crippen molar-refractivity contribution in [2.45, 2.75) is 31.3 Å². The van der Waals surface area contributed by atoms with E-state index in [-0.39, 0.29) is 12.6 Å². The van der Waals surface area contributed by atoms with Crippen LogP contribution >= 0.6 is 22.9 Å². The number of thiazole rings is 1. The zero-order valence-corrected chi connectivity index (χ0v) is 15.6. The van der Waals surface area contributed by atoms with E-state index in [1.54, 1.807) is 6.20 Å². The summed E-state index contributed by atoms with van der Waals surface area (Å²) in [5.74, 6) is -0.182. The number of benzene rings is 1. The molecule has 1 aromatic carbocycles. The minimum absolute atomic E-state index is 0.178. The van der Waals surface area contributed by atoms with Gasteiger partial charge in [0, 0.05) is 16.6 Å². The first-order chi connectivity index (χ1) is 12.7. The Balaban J connectivity index is 1.45. The number of esters is 1. The van der Waals surface area contributed by atoms with Gasteiger partial charge in [0.1, 0.15) is 11.6 Å². The summed E-state index contributed by atoms with van der Waals surface area (Å²) in [7, 11) is 0. The maximum Gasteiger partial charge on any atom is 0.316 e. The minimum Gasteiger partial charge on any atom is -0.458 e. The van der Waals surface area contributed by atoms with E-state index in [4.69, 9.17) is 16.3 Å². The van der Waals surface area contributed by atoms with Gasteiger partial charge in [-0.1, -0.05) is 36.2 Å². The van der Waals surface area contributed by atoms with Crippen LogP contribution in [0.2, 0.25) is 5.02 Å². The standard InChI is InChI=1S/C20H17ClN2O2S/c21-15-7-5-14(6-8-15)20(9-3-10-20)19(24)25-12-16-13-26-18(23-16)17-4-1-2-11-22-17/h1-2,4-8,11,13H,3,9-10,12H2. The molecule has 0 bridgehead atoms. The molecule has 0 aliphatic heterocycles. The smallest absolute Gasteiger partial charge is 0.316 e. The van der Waals surface area contributed by atoms with Gasteiger partial charge in [0.05, 0.1) is 16.8 Å². The van der Waals surface area contributed by atoms with Gasteiger partial charge in [0.2, 0.25) is 0 Å². The molecule has 26 heavy (non-hydrogen) atoms. The third-order valence-electron chi connectivity index (χ3n) is 4.78. The Labute approximate surface area is 160 Å². The molecular weight excluding hydrogens is 368 g/mol. The lowest BCUT2D eigenvalue weighted by atomic mass is 9.64. The summed E-state index contributed by atoms with van der Waals surface area (Å²) in [5, 5.41) is 3.40. The van der Waals surface area contributed by atoms with Crippen molar-refractivity contribution in [3.05, 3.63) is 70.3 Å². The predicted molar refractivity (Wildman–Crippen MR) is 102 cm³/mol. The van der Waals surface area contributed by atoms with Crippen LogP contribution in [0.1, 0.15) is 30.5 Å². The van der Waals surface area contributed by atoms with Gasteiger partial charge in [-0.3, -0.25) is 9.78 Å². The van der Waals surface area contributed by atoms with Crippen LogP contribution in [0.15, 0.2) is 54.0 Å². The number of hydrogen-bond donors (Lipinski definition) is 0. The zero-order chi connectivity index (χ0) is 18.0. The van der Waals surface area contributed by atoms with Crippen LogP contribution in [0, 0.1) is 0 Å². The highest BCUT2D eigenvalue weighted by Gasteiger charge is 2.47. The Hall–Kier alpha value is -2.24. The van der Waals surface area contributed by atoms with Crippen molar-refractivity contribution >= 4 is 28.9 Å². The molecule has 0 radical (unpaired) electrons. The van der Waals surface area contributed by atoms with Crippen molar-refractivity contribution in [2.24, 2.45) is 0 Å². The van der Waals surface area contributed by atoms with Crippen molar-refractivity contribution in [2.75, 3.05) is 0 Å². The fraction of sp³-hybridized carbons (Fsp3) is 0.250. The molecule has 0 amide bonds. The molecule has 1 fully saturated rings. The van der Waals surface area contributed by atoms with E-state index in [2.05, 4.69) is 9.97 Å². The molecular formula is C20H17ClN2O2S. The van der Waals surface area contributed by atoms with Gasteiger partial charge in [-0.2, -0.15) is 0 Å². The summed E-state index contributed by atoms with van der Waals surface area (Å²) in [4.78, 5) is 21.6. The molecule has 0 unspecified atom stereocenters. The SMILES string of the molecule is O=C(OCc1csc(-c2ccccn2)n1)C1(c2ccc(Cl)cc2)CCC1. The number of pyridine rings is 1. The summed E-state index contributed by atoms with van der Waals surface area (Å²) in [6.07, 6.45) is 4.38. The number of ether oxygens (including phenoxy) is 1. The molecule has 6 heteroatoms. The van der Waals surface area contributed by atoms with E-state index >= 15 is 0 Å². The van der Waals surface area contributed by atoms with Gasteiger partial charge >= 0.3 is 5.97 Å². The number of hydrogen-bond acceptors (Lipinski definition) is 5. The second kappa shape index (κ2) is 7.17. The van der Waals surface area contributed by atoms with Crippen LogP contribution in [0.4, 0.5) is 0 Å². The molecule has 1 aliphatic carbocycles. The molecule has 0 spiro atoms. The van der Waals surface area contributed by atoms with Gasteiger partial charge in [0.25, 0.3) is 0 Å². The Morgan fingerprint density at radius 1 is 1.19 bits per heavy atom. The fourth-order valence-corrected chi connectivity index (χ4v) is 4.07. The van der Waals surface area contributed by atoms with Crippen molar-refractivity contribution in [1.29, 1.82) is 0 Å². The number of carbonyl (C=O) groups excluding carboxylic acids is 1. The molecule has 0 atom stereocenters. The van der Waals surface area contributed by atoms with Gasteiger partial charge in [-0.25, -0.2) is 4.98 Å². The molecule has 4 rings (SSSR count). The first-order valence-electron chi connectivity index (χ1n) is 8.46. The highest BCUT2D eigenvalue weighted by molar-refractivity contribution is 7.13. The molecule has 2 aromatic heterocycles. The minimum atomic E-state index is -0.537. The van der Waals surface area contributed by atoms with E-state index in [1.165, 1.54) is 11.3 Å². The third-order valence-corrected chi connectivity index (χ3v) is 5.95. The van der Waals surface area contributed by atoms with Crippen molar-refractivity contribution in [1.82, 2.24) is 9.97 Å². The lowest BCUT2D eigenvalue weighted by Crippen LogP contribution is -2.43. The summed E-state index contributed by atoms with van der Waals surface area (Å²) >= 11 is 7.47. The normalized spacial score (nSPS) is 15.3. The van der Waals surface area contributed by atoms with Gasteiger partial charge < -0.3 is 4.74 Å². The average Bonchev–Trinajstić information content (AvgIpc) is 3.10. The van der Waals surface area contributed by atoms with Crippen LogP contribution in [-0.4, -0.2) is 15.9 Å². The first-order valence-corrected chi connectivity index (χ1v) is 9.72. The zero-order valence-electron chi connectivity index (χ0n) is 14.0. The van der Waals surface area contributed by atoms with E-state index in [1.807, 2.05) is 47.8 Å². The Bertz CT molecular complexity index is 905. The number of carbonyl (C=O) groups is 1. The maximum atomic E-state index is 12.8. The molecule has 4 nitrogen and oxygen atoms in total.